The third-order valence-electron chi connectivity index (χ3n) is 6.50. The molecule has 1 unspecified atom stereocenters. The monoisotopic (exact) mass is 430 g/mol. The zero-order valence-corrected chi connectivity index (χ0v) is 18.7. The minimum atomic E-state index is -0.247. The van der Waals surface area contributed by atoms with Gasteiger partial charge >= 0.3 is 0 Å². The zero-order valence-electron chi connectivity index (χ0n) is 18.7. The molecule has 2 aliphatic rings. The van der Waals surface area contributed by atoms with Gasteiger partial charge < -0.3 is 14.2 Å². The maximum atomic E-state index is 13.5. The molecule has 0 radical (unpaired) electrons. The lowest BCUT2D eigenvalue weighted by atomic mass is 9.88. The van der Waals surface area contributed by atoms with Crippen LogP contribution in [0.5, 0.6) is 5.75 Å². The van der Waals surface area contributed by atoms with Crippen LogP contribution in [0.15, 0.2) is 65.6 Å². The van der Waals surface area contributed by atoms with Gasteiger partial charge in [-0.25, -0.2) is 9.37 Å². The van der Waals surface area contributed by atoms with Crippen molar-refractivity contribution in [3.05, 3.63) is 83.2 Å². The van der Waals surface area contributed by atoms with Gasteiger partial charge in [-0.2, -0.15) is 0 Å². The Bertz CT molecular complexity index is 1210. The third kappa shape index (κ3) is 3.49. The summed E-state index contributed by atoms with van der Waals surface area (Å²) in [7, 11) is 1.69. The van der Waals surface area contributed by atoms with E-state index in [2.05, 4.69) is 41.1 Å². The molecule has 5 rings (SSSR count). The average molecular weight is 431 g/mol. The summed E-state index contributed by atoms with van der Waals surface area (Å²) >= 11 is 0. The lowest BCUT2D eigenvalue weighted by molar-refractivity contribution is 0.217. The molecule has 0 N–H and O–H groups in total. The molecule has 0 aliphatic carbocycles. The Morgan fingerprint density at radius 1 is 1.16 bits per heavy atom. The Morgan fingerprint density at radius 2 is 1.97 bits per heavy atom. The van der Waals surface area contributed by atoms with Crippen LogP contribution in [0, 0.1) is 12.7 Å². The number of aryl methyl sites for hydroxylation is 1. The largest absolute Gasteiger partial charge is 0.495 e. The number of aromatic nitrogens is 2. The van der Waals surface area contributed by atoms with Gasteiger partial charge in [0.1, 0.15) is 17.4 Å². The molecule has 2 aromatic carbocycles. The summed E-state index contributed by atoms with van der Waals surface area (Å²) in [6.45, 7) is 5.79. The molecule has 6 heteroatoms. The highest BCUT2D eigenvalue weighted by molar-refractivity contribution is 6.04. The maximum Gasteiger partial charge on any atom is 0.143 e. The summed E-state index contributed by atoms with van der Waals surface area (Å²) in [5.41, 5.74) is 5.09. The number of nitrogens with zero attached hydrogens (tertiary/aromatic N) is 4. The minimum absolute atomic E-state index is 0.209. The zero-order chi connectivity index (χ0) is 22.3. The van der Waals surface area contributed by atoms with Gasteiger partial charge in [0.25, 0.3) is 0 Å². The summed E-state index contributed by atoms with van der Waals surface area (Å²) in [6, 6.07) is 13.1. The van der Waals surface area contributed by atoms with Gasteiger partial charge in [-0.05, 0) is 73.7 Å². The average Bonchev–Trinajstić information content (AvgIpc) is 3.39. The number of hydrogen-bond acceptors (Lipinski definition) is 4. The molecular formula is C26H27FN4O. The number of halogens is 1. The van der Waals surface area contributed by atoms with Gasteiger partial charge in [0.15, 0.2) is 0 Å². The highest BCUT2D eigenvalue weighted by Crippen LogP contribution is 2.39. The second kappa shape index (κ2) is 7.93. The summed E-state index contributed by atoms with van der Waals surface area (Å²) in [5, 5.41) is 0. The highest BCUT2D eigenvalue weighted by Gasteiger charge is 2.42. The van der Waals surface area contributed by atoms with Crippen LogP contribution in [0.2, 0.25) is 0 Å². The fraction of sp³-hybridized carbons (Fsp3) is 0.308. The molecule has 0 amide bonds. The molecule has 3 aromatic rings. The molecule has 0 bridgehead atoms. The molecule has 0 saturated carbocycles. The van der Waals surface area contributed by atoms with E-state index in [4.69, 9.17) is 9.73 Å². The van der Waals surface area contributed by atoms with Crippen molar-refractivity contribution < 1.29 is 9.13 Å². The molecular weight excluding hydrogens is 403 g/mol. The first-order valence-electron chi connectivity index (χ1n) is 11.0. The lowest BCUT2D eigenvalue weighted by Gasteiger charge is -2.40. The Balaban J connectivity index is 1.45. The number of fused-ring (bicyclic) bond motifs is 1. The van der Waals surface area contributed by atoms with E-state index in [9.17, 15) is 4.39 Å². The van der Waals surface area contributed by atoms with E-state index in [1.54, 1.807) is 13.4 Å². The Morgan fingerprint density at radius 3 is 2.69 bits per heavy atom. The molecule has 32 heavy (non-hydrogen) atoms. The molecule has 1 atom stereocenters. The summed E-state index contributed by atoms with van der Waals surface area (Å²) in [4.78, 5) is 11.6. The van der Waals surface area contributed by atoms with Crippen molar-refractivity contribution in [1.82, 2.24) is 14.5 Å². The van der Waals surface area contributed by atoms with Crippen molar-refractivity contribution in [2.45, 2.75) is 32.2 Å². The summed E-state index contributed by atoms with van der Waals surface area (Å²) in [6.07, 6.45) is 8.05. The van der Waals surface area contributed by atoms with Gasteiger partial charge in [-0.15, -0.1) is 0 Å². The van der Waals surface area contributed by atoms with Gasteiger partial charge in [0.05, 0.1) is 36.9 Å². The predicted octanol–water partition coefficient (Wildman–Crippen LogP) is 5.14. The van der Waals surface area contributed by atoms with Crippen LogP contribution in [0.25, 0.3) is 11.8 Å². The number of aliphatic imine (C=N–C) groups is 1. The highest BCUT2D eigenvalue weighted by atomic mass is 19.1. The van der Waals surface area contributed by atoms with Gasteiger partial charge in [0, 0.05) is 12.7 Å². The molecule has 2 aliphatic heterocycles. The molecule has 164 valence electrons. The fourth-order valence-corrected chi connectivity index (χ4v) is 4.74. The van der Waals surface area contributed by atoms with Crippen molar-refractivity contribution in [2.24, 2.45) is 4.99 Å². The van der Waals surface area contributed by atoms with E-state index in [1.165, 1.54) is 17.7 Å². The van der Waals surface area contributed by atoms with Crippen LogP contribution in [-0.2, 0) is 5.54 Å². The van der Waals surface area contributed by atoms with Crippen molar-refractivity contribution in [3.8, 4) is 11.4 Å². The first-order valence-corrected chi connectivity index (χ1v) is 11.0. The molecule has 1 fully saturated rings. The predicted molar refractivity (Wildman–Crippen MR) is 125 cm³/mol. The smallest absolute Gasteiger partial charge is 0.143 e. The van der Waals surface area contributed by atoms with Crippen LogP contribution < -0.4 is 4.74 Å². The Hall–Kier alpha value is -3.41. The van der Waals surface area contributed by atoms with E-state index >= 15 is 0 Å². The molecule has 3 heterocycles. The molecule has 0 spiro atoms. The van der Waals surface area contributed by atoms with Crippen molar-refractivity contribution in [2.75, 3.05) is 20.2 Å². The quantitative estimate of drug-likeness (QED) is 0.576. The number of piperidine rings is 1. The number of imidazole rings is 1. The van der Waals surface area contributed by atoms with Crippen LogP contribution in [0.4, 0.5) is 4.39 Å². The Kier molecular flexibility index (Phi) is 5.08. The van der Waals surface area contributed by atoms with Crippen molar-refractivity contribution in [1.29, 1.82) is 0 Å². The Labute approximate surface area is 187 Å². The number of methoxy groups -OCH3 is 1. The fourth-order valence-electron chi connectivity index (χ4n) is 4.74. The van der Waals surface area contributed by atoms with Crippen molar-refractivity contribution >= 4 is 11.9 Å². The molecule has 1 aromatic heterocycles. The second-order valence-electron chi connectivity index (χ2n) is 8.70. The van der Waals surface area contributed by atoms with E-state index in [1.807, 2.05) is 29.8 Å². The van der Waals surface area contributed by atoms with Crippen molar-refractivity contribution in [3.63, 3.8) is 0 Å². The van der Waals surface area contributed by atoms with Crippen LogP contribution in [0.3, 0.4) is 0 Å². The first-order chi connectivity index (χ1) is 15.5. The maximum absolute atomic E-state index is 13.5. The van der Waals surface area contributed by atoms with E-state index in [0.29, 0.717) is 6.54 Å². The van der Waals surface area contributed by atoms with Gasteiger partial charge in [-0.3, -0.25) is 4.99 Å². The first kappa shape index (κ1) is 20.5. The topological polar surface area (TPSA) is 42.6 Å². The lowest BCUT2D eigenvalue weighted by Crippen LogP contribution is -2.47. The second-order valence-corrected chi connectivity index (χ2v) is 8.70. The SMILES string of the molecule is COc1cc(/C=C2\CCCN3C2=NCC3(C)c2ccc(F)cc2)ccc1-n1cnc(C)c1. The number of benzene rings is 2. The van der Waals surface area contributed by atoms with Crippen LogP contribution in [-0.4, -0.2) is 40.5 Å². The standard InChI is InChI=1S/C26H27FN4O/c1-18-15-30(17-29-18)23-11-6-19(14-24(23)32-3)13-20-5-4-12-31-25(20)28-16-26(31,2)21-7-9-22(27)10-8-21/h6-11,13-15,17H,4-5,12,16H2,1-3H3/b20-13+. The molecule has 1 saturated heterocycles. The number of amidine groups is 1. The third-order valence-corrected chi connectivity index (χ3v) is 6.50. The summed E-state index contributed by atoms with van der Waals surface area (Å²) in [5.74, 6) is 1.64. The minimum Gasteiger partial charge on any atom is -0.495 e. The molecule has 5 nitrogen and oxygen atoms in total. The van der Waals surface area contributed by atoms with Crippen LogP contribution >= 0.6 is 0 Å². The normalized spacial score (nSPS) is 21.6. The summed E-state index contributed by atoms with van der Waals surface area (Å²) < 4.78 is 21.1. The van der Waals surface area contributed by atoms with Crippen LogP contribution in [0.1, 0.15) is 36.6 Å². The number of rotatable bonds is 4. The van der Waals surface area contributed by atoms with E-state index in [-0.39, 0.29) is 11.4 Å². The van der Waals surface area contributed by atoms with Gasteiger partial charge in [-0.1, -0.05) is 18.2 Å². The number of hydrogen-bond donors (Lipinski definition) is 0. The van der Waals surface area contributed by atoms with Gasteiger partial charge in [0.2, 0.25) is 0 Å². The van der Waals surface area contributed by atoms with E-state index in [0.717, 1.165) is 53.5 Å². The number of ether oxygens (including phenoxy) is 1. The van der Waals surface area contributed by atoms with E-state index < -0.39 is 0 Å².